The lowest BCUT2D eigenvalue weighted by atomic mass is 9.98. The number of hydrogen-bond acceptors (Lipinski definition) is 7. The number of aliphatic hydroxyl groups excluding tert-OH is 1. The Balaban J connectivity index is 1.76. The highest BCUT2D eigenvalue weighted by atomic mass is 79.9. The molecular formula is C26H32BrNO7. The molecule has 0 saturated carbocycles. The number of esters is 1. The zero-order valence-corrected chi connectivity index (χ0v) is 21.7. The number of nitrogens with zero attached hydrogens (tertiary/aromatic N) is 1. The minimum Gasteiger partial charge on any atom is -0.461 e. The van der Waals surface area contributed by atoms with E-state index in [-0.39, 0.29) is 13.2 Å². The number of hydrogen-bond donors (Lipinski definition) is 1. The van der Waals surface area contributed by atoms with Crippen molar-refractivity contribution in [3.63, 3.8) is 0 Å². The molecule has 0 bridgehead atoms. The van der Waals surface area contributed by atoms with Crippen LogP contribution in [0.3, 0.4) is 0 Å². The maximum absolute atomic E-state index is 13.5. The van der Waals surface area contributed by atoms with Gasteiger partial charge in [0.2, 0.25) is 5.91 Å². The number of halogens is 1. The minimum atomic E-state index is -0.995. The van der Waals surface area contributed by atoms with Crippen LogP contribution in [0.2, 0.25) is 0 Å². The highest BCUT2D eigenvalue weighted by Crippen LogP contribution is 2.35. The van der Waals surface area contributed by atoms with Gasteiger partial charge in [0.05, 0.1) is 16.4 Å². The van der Waals surface area contributed by atoms with Gasteiger partial charge < -0.3 is 19.0 Å². The molecule has 190 valence electrons. The fraction of sp³-hybridized carbons (Fsp3) is 0.500. The Bertz CT molecular complexity index is 1010. The number of cyclic esters (lactones) is 1. The van der Waals surface area contributed by atoms with Gasteiger partial charge >= 0.3 is 12.1 Å². The monoisotopic (exact) mass is 549 g/mol. The van der Waals surface area contributed by atoms with Crippen LogP contribution in [0.4, 0.5) is 4.79 Å². The molecule has 1 saturated heterocycles. The molecule has 2 aromatic rings. The van der Waals surface area contributed by atoms with E-state index in [2.05, 4.69) is 15.9 Å². The van der Waals surface area contributed by atoms with Gasteiger partial charge in [-0.1, -0.05) is 43.2 Å². The van der Waals surface area contributed by atoms with E-state index >= 15 is 0 Å². The number of carbonyl (C=O) groups is 3. The number of amides is 2. The van der Waals surface area contributed by atoms with Crippen molar-refractivity contribution in [3.05, 3.63) is 58.0 Å². The smallest absolute Gasteiger partial charge is 0.416 e. The molecule has 2 amide bonds. The SMILES string of the molecule is CC(=O)O[C@H](c1cc(Br)c(CCCCCCO)o1)[C@H](C)C(=O)N1C(=O)OC[C@@H]1Cc1ccccc1. The third-order valence-corrected chi connectivity index (χ3v) is 6.69. The highest BCUT2D eigenvalue weighted by Gasteiger charge is 2.43. The quantitative estimate of drug-likeness (QED) is 0.294. The van der Waals surface area contributed by atoms with E-state index in [0.717, 1.165) is 40.6 Å². The van der Waals surface area contributed by atoms with Crippen molar-refractivity contribution in [1.82, 2.24) is 4.90 Å². The molecule has 1 aliphatic heterocycles. The molecule has 3 rings (SSSR count). The Morgan fingerprint density at radius 2 is 1.91 bits per heavy atom. The second-order valence-electron chi connectivity index (χ2n) is 8.76. The standard InChI is InChI=1S/C26H32BrNO7/c1-17(25(31)28-20(16-33-26(28)32)14-19-10-6-5-7-11-19)24(34-18(2)30)23-15-21(27)22(35-23)12-8-3-4-9-13-29/h5-7,10-11,15,17,20,24,29H,3-4,8-9,12-14,16H2,1-2H3/t17-,20-,24-/m0/s1. The van der Waals surface area contributed by atoms with Gasteiger partial charge in [-0.15, -0.1) is 0 Å². The molecule has 8 nitrogen and oxygen atoms in total. The van der Waals surface area contributed by atoms with Crippen LogP contribution in [-0.2, 0) is 31.9 Å². The number of unbranched alkanes of at least 4 members (excludes halogenated alkanes) is 3. The number of aliphatic hydroxyl groups is 1. The normalized spacial score (nSPS) is 17.2. The molecule has 1 fully saturated rings. The van der Waals surface area contributed by atoms with Crippen molar-refractivity contribution in [2.45, 2.75) is 64.5 Å². The van der Waals surface area contributed by atoms with E-state index in [0.29, 0.717) is 24.4 Å². The lowest BCUT2D eigenvalue weighted by molar-refractivity contribution is -0.154. The van der Waals surface area contributed by atoms with Crippen LogP contribution < -0.4 is 0 Å². The molecule has 1 aliphatic rings. The molecule has 9 heteroatoms. The van der Waals surface area contributed by atoms with Crippen molar-refractivity contribution < 1.29 is 33.4 Å². The van der Waals surface area contributed by atoms with Gasteiger partial charge in [0, 0.05) is 20.0 Å². The molecular weight excluding hydrogens is 518 g/mol. The Kier molecular flexibility index (Phi) is 9.92. The number of aryl methyl sites for hydroxylation is 1. The summed E-state index contributed by atoms with van der Waals surface area (Å²) in [5, 5.41) is 8.92. The highest BCUT2D eigenvalue weighted by molar-refractivity contribution is 9.10. The summed E-state index contributed by atoms with van der Waals surface area (Å²) in [6, 6.07) is 10.8. The van der Waals surface area contributed by atoms with Gasteiger partial charge in [-0.2, -0.15) is 0 Å². The summed E-state index contributed by atoms with van der Waals surface area (Å²) in [6.45, 7) is 3.18. The fourth-order valence-corrected chi connectivity index (χ4v) is 4.69. The molecule has 35 heavy (non-hydrogen) atoms. The van der Waals surface area contributed by atoms with E-state index in [4.69, 9.17) is 19.0 Å². The number of carbonyl (C=O) groups excluding carboxylic acids is 3. The second-order valence-corrected chi connectivity index (χ2v) is 9.61. The lowest BCUT2D eigenvalue weighted by Crippen LogP contribution is -2.44. The number of furan rings is 1. The number of benzene rings is 1. The van der Waals surface area contributed by atoms with Crippen LogP contribution >= 0.6 is 15.9 Å². The average Bonchev–Trinajstić information content (AvgIpc) is 3.38. The van der Waals surface area contributed by atoms with Crippen molar-refractivity contribution in [1.29, 1.82) is 0 Å². The summed E-state index contributed by atoms with van der Waals surface area (Å²) in [6.07, 6.45) is 2.96. The summed E-state index contributed by atoms with van der Waals surface area (Å²) in [5.41, 5.74) is 0.983. The maximum Gasteiger partial charge on any atom is 0.416 e. The second kappa shape index (κ2) is 12.9. The number of rotatable bonds is 12. The average molecular weight is 550 g/mol. The summed E-state index contributed by atoms with van der Waals surface area (Å²) < 4.78 is 17.4. The molecule has 1 N–H and O–H groups in total. The van der Waals surface area contributed by atoms with Crippen LogP contribution in [0.25, 0.3) is 0 Å². The third-order valence-electron chi connectivity index (χ3n) is 6.02. The summed E-state index contributed by atoms with van der Waals surface area (Å²) >= 11 is 3.50. The molecule has 0 aliphatic carbocycles. The van der Waals surface area contributed by atoms with E-state index < -0.39 is 36.0 Å². The summed E-state index contributed by atoms with van der Waals surface area (Å²) in [4.78, 5) is 39.0. The van der Waals surface area contributed by atoms with Gasteiger partial charge in [-0.3, -0.25) is 9.59 Å². The first-order valence-electron chi connectivity index (χ1n) is 11.9. The largest absolute Gasteiger partial charge is 0.461 e. The Labute approximate surface area is 213 Å². The summed E-state index contributed by atoms with van der Waals surface area (Å²) in [7, 11) is 0. The fourth-order valence-electron chi connectivity index (χ4n) is 4.19. The predicted octanol–water partition coefficient (Wildman–Crippen LogP) is 4.97. The predicted molar refractivity (Wildman–Crippen MR) is 131 cm³/mol. The molecule has 0 spiro atoms. The molecule has 0 radical (unpaired) electrons. The van der Waals surface area contributed by atoms with E-state index in [1.165, 1.54) is 6.92 Å². The van der Waals surface area contributed by atoms with Gasteiger partial charge in [0.15, 0.2) is 6.10 Å². The first-order valence-corrected chi connectivity index (χ1v) is 12.7. The van der Waals surface area contributed by atoms with Crippen LogP contribution in [-0.4, -0.2) is 47.2 Å². The molecule has 3 atom stereocenters. The lowest BCUT2D eigenvalue weighted by Gasteiger charge is -2.27. The first kappa shape index (κ1) is 26.9. The Hall–Kier alpha value is -2.65. The van der Waals surface area contributed by atoms with Gasteiger partial charge in [-0.25, -0.2) is 9.69 Å². The van der Waals surface area contributed by atoms with Crippen LogP contribution in [0.15, 0.2) is 45.3 Å². The number of ether oxygens (including phenoxy) is 2. The zero-order valence-electron chi connectivity index (χ0n) is 20.1. The molecule has 1 aromatic heterocycles. The van der Waals surface area contributed by atoms with E-state index in [9.17, 15) is 14.4 Å². The van der Waals surface area contributed by atoms with Gasteiger partial charge in [0.1, 0.15) is 18.1 Å². The molecule has 1 aromatic carbocycles. The van der Waals surface area contributed by atoms with E-state index in [1.54, 1.807) is 13.0 Å². The zero-order chi connectivity index (χ0) is 25.4. The summed E-state index contributed by atoms with van der Waals surface area (Å²) in [5.74, 6) is -0.887. The van der Waals surface area contributed by atoms with Crippen molar-refractivity contribution in [2.75, 3.05) is 13.2 Å². The van der Waals surface area contributed by atoms with Crippen LogP contribution in [0.5, 0.6) is 0 Å². The van der Waals surface area contributed by atoms with Crippen molar-refractivity contribution in [2.24, 2.45) is 5.92 Å². The topological polar surface area (TPSA) is 106 Å². The molecule has 2 heterocycles. The molecule has 0 unspecified atom stereocenters. The van der Waals surface area contributed by atoms with Gasteiger partial charge in [0.25, 0.3) is 0 Å². The Morgan fingerprint density at radius 1 is 1.20 bits per heavy atom. The van der Waals surface area contributed by atoms with Crippen molar-refractivity contribution in [3.8, 4) is 0 Å². The third kappa shape index (κ3) is 7.18. The van der Waals surface area contributed by atoms with E-state index in [1.807, 2.05) is 30.3 Å². The first-order chi connectivity index (χ1) is 16.8. The van der Waals surface area contributed by atoms with Crippen molar-refractivity contribution >= 4 is 33.9 Å². The maximum atomic E-state index is 13.5. The van der Waals surface area contributed by atoms with Gasteiger partial charge in [-0.05, 0) is 53.7 Å². The van der Waals surface area contributed by atoms with Crippen LogP contribution in [0.1, 0.15) is 62.7 Å². The Morgan fingerprint density at radius 3 is 2.60 bits per heavy atom. The number of imide groups is 1. The minimum absolute atomic E-state index is 0.108. The van der Waals surface area contributed by atoms with Crippen LogP contribution in [0, 0.1) is 5.92 Å².